The molecule has 0 aliphatic carbocycles. The quantitative estimate of drug-likeness (QED) is 0.775. The highest BCUT2D eigenvalue weighted by molar-refractivity contribution is 5.25. The number of aliphatic hydroxyl groups excluding tert-OH is 1. The second-order valence-electron chi connectivity index (χ2n) is 4.27. The molecule has 1 rings (SSSR count). The zero-order chi connectivity index (χ0) is 14.3. The smallest absolute Gasteiger partial charge is 0.394 e. The van der Waals surface area contributed by atoms with Crippen molar-refractivity contribution >= 4 is 0 Å². The number of halogens is 3. The van der Waals surface area contributed by atoms with Crippen molar-refractivity contribution in [2.24, 2.45) is 0 Å². The number of nitrogens with zero attached hydrogens (tertiary/aromatic N) is 1. The van der Waals surface area contributed by atoms with Gasteiger partial charge < -0.3 is 9.84 Å². The summed E-state index contributed by atoms with van der Waals surface area (Å²) in [6.45, 7) is 1.70. The normalized spacial score (nSPS) is 12.1. The van der Waals surface area contributed by atoms with E-state index in [9.17, 15) is 13.2 Å². The summed E-state index contributed by atoms with van der Waals surface area (Å²) in [5.41, 5.74) is -0.0191. The predicted octanol–water partition coefficient (Wildman–Crippen LogP) is 2.15. The fraction of sp³-hybridized carbons (Fsp3) is 0.538. The Bertz CT molecular complexity index is 382. The van der Waals surface area contributed by atoms with E-state index in [1.54, 1.807) is 6.07 Å². The van der Waals surface area contributed by atoms with E-state index in [0.29, 0.717) is 25.3 Å². The van der Waals surface area contributed by atoms with Crippen LogP contribution in [0.15, 0.2) is 24.3 Å². The maximum atomic E-state index is 12.5. The van der Waals surface area contributed by atoms with Gasteiger partial charge in [-0.2, -0.15) is 13.2 Å². The molecular weight excluding hydrogens is 259 g/mol. The molecule has 19 heavy (non-hydrogen) atoms. The lowest BCUT2D eigenvalue weighted by molar-refractivity contribution is -0.137. The first-order chi connectivity index (χ1) is 8.93. The number of rotatable bonds is 7. The fourth-order valence-electron chi connectivity index (χ4n) is 1.62. The molecule has 0 fully saturated rings. The molecule has 0 saturated carbocycles. The highest BCUT2D eigenvalue weighted by Crippen LogP contribution is 2.29. The van der Waals surface area contributed by atoms with Crippen LogP contribution in [0.1, 0.15) is 11.1 Å². The zero-order valence-electron chi connectivity index (χ0n) is 10.8. The average molecular weight is 277 g/mol. The lowest BCUT2D eigenvalue weighted by atomic mass is 10.1. The molecule has 0 unspecified atom stereocenters. The standard InChI is InChI=1S/C13H18F3NO2/c1-17(5-7-19-8-6-18)10-11-3-2-4-12(9-11)13(14,15)16/h2-4,9,18H,5-8,10H2,1H3. The van der Waals surface area contributed by atoms with Crippen LogP contribution in [0.4, 0.5) is 13.2 Å². The summed E-state index contributed by atoms with van der Waals surface area (Å²) in [4.78, 5) is 1.87. The molecule has 1 N–H and O–H groups in total. The number of alkyl halides is 3. The molecule has 0 heterocycles. The van der Waals surface area contributed by atoms with E-state index in [2.05, 4.69) is 0 Å². The van der Waals surface area contributed by atoms with Gasteiger partial charge in [0.25, 0.3) is 0 Å². The van der Waals surface area contributed by atoms with Gasteiger partial charge in [0.2, 0.25) is 0 Å². The van der Waals surface area contributed by atoms with Crippen LogP contribution >= 0.6 is 0 Å². The van der Waals surface area contributed by atoms with Crippen LogP contribution in [0.5, 0.6) is 0 Å². The minimum absolute atomic E-state index is 0.0304. The molecule has 0 radical (unpaired) electrons. The molecule has 0 saturated heterocycles. The number of likely N-dealkylation sites (N-methyl/N-ethyl adjacent to an activating group) is 1. The van der Waals surface area contributed by atoms with Crippen LogP contribution in [-0.2, 0) is 17.5 Å². The van der Waals surface area contributed by atoms with Crippen LogP contribution < -0.4 is 0 Å². The summed E-state index contributed by atoms with van der Waals surface area (Å²) in [6.07, 6.45) is -4.31. The summed E-state index contributed by atoms with van der Waals surface area (Å²) >= 11 is 0. The topological polar surface area (TPSA) is 32.7 Å². The minimum atomic E-state index is -4.31. The van der Waals surface area contributed by atoms with Gasteiger partial charge in [-0.05, 0) is 18.7 Å². The molecule has 0 aliphatic heterocycles. The Morgan fingerprint density at radius 3 is 2.63 bits per heavy atom. The summed E-state index contributed by atoms with van der Waals surface area (Å²) < 4.78 is 42.7. The number of hydrogen-bond donors (Lipinski definition) is 1. The van der Waals surface area contributed by atoms with E-state index < -0.39 is 11.7 Å². The Morgan fingerprint density at radius 1 is 1.26 bits per heavy atom. The first-order valence-corrected chi connectivity index (χ1v) is 5.97. The SMILES string of the molecule is CN(CCOCCO)Cc1cccc(C(F)(F)F)c1. The van der Waals surface area contributed by atoms with Gasteiger partial charge in [0.1, 0.15) is 0 Å². The van der Waals surface area contributed by atoms with Crippen LogP contribution in [0.2, 0.25) is 0 Å². The molecule has 0 bridgehead atoms. The number of benzene rings is 1. The Hall–Kier alpha value is -1.11. The Balaban J connectivity index is 2.48. The van der Waals surface area contributed by atoms with Gasteiger partial charge in [0.15, 0.2) is 0 Å². The van der Waals surface area contributed by atoms with Crippen LogP contribution in [0.3, 0.4) is 0 Å². The number of aliphatic hydroxyl groups is 1. The summed E-state index contributed by atoms with van der Waals surface area (Å²) in [5, 5.41) is 8.53. The van der Waals surface area contributed by atoms with E-state index in [-0.39, 0.29) is 13.2 Å². The highest BCUT2D eigenvalue weighted by atomic mass is 19.4. The molecule has 3 nitrogen and oxygen atoms in total. The van der Waals surface area contributed by atoms with Crippen molar-refractivity contribution in [3.63, 3.8) is 0 Å². The second kappa shape index (κ2) is 7.47. The van der Waals surface area contributed by atoms with Gasteiger partial charge in [-0.3, -0.25) is 4.90 Å². The van der Waals surface area contributed by atoms with Gasteiger partial charge in [0.05, 0.1) is 25.4 Å². The maximum Gasteiger partial charge on any atom is 0.416 e. The van der Waals surface area contributed by atoms with E-state index in [0.717, 1.165) is 12.1 Å². The molecule has 0 atom stereocenters. The molecule has 1 aromatic carbocycles. The molecule has 0 spiro atoms. The van der Waals surface area contributed by atoms with Crippen molar-refractivity contribution in [2.45, 2.75) is 12.7 Å². The molecule has 0 aromatic heterocycles. The minimum Gasteiger partial charge on any atom is -0.394 e. The van der Waals surface area contributed by atoms with Crippen molar-refractivity contribution in [2.75, 3.05) is 33.4 Å². The summed E-state index contributed by atoms with van der Waals surface area (Å²) in [6, 6.07) is 5.30. The van der Waals surface area contributed by atoms with Crippen LogP contribution in [0.25, 0.3) is 0 Å². The second-order valence-corrected chi connectivity index (χ2v) is 4.27. The van der Waals surface area contributed by atoms with Crippen molar-refractivity contribution in [1.29, 1.82) is 0 Å². The molecule has 6 heteroatoms. The average Bonchev–Trinajstić information content (AvgIpc) is 2.34. The Labute approximate surface area is 110 Å². The maximum absolute atomic E-state index is 12.5. The van der Waals surface area contributed by atoms with Gasteiger partial charge >= 0.3 is 6.18 Å². The lowest BCUT2D eigenvalue weighted by Gasteiger charge is -2.17. The van der Waals surface area contributed by atoms with E-state index >= 15 is 0 Å². The van der Waals surface area contributed by atoms with Crippen molar-refractivity contribution in [3.8, 4) is 0 Å². The van der Waals surface area contributed by atoms with Crippen LogP contribution in [-0.4, -0.2) is 43.4 Å². The van der Waals surface area contributed by atoms with E-state index in [4.69, 9.17) is 9.84 Å². The number of ether oxygens (including phenoxy) is 1. The number of hydrogen-bond acceptors (Lipinski definition) is 3. The van der Waals surface area contributed by atoms with Crippen molar-refractivity contribution in [3.05, 3.63) is 35.4 Å². The highest BCUT2D eigenvalue weighted by Gasteiger charge is 2.30. The molecule has 0 aliphatic rings. The van der Waals surface area contributed by atoms with Crippen molar-refractivity contribution < 1.29 is 23.0 Å². The summed E-state index contributed by atoms with van der Waals surface area (Å²) in [5.74, 6) is 0. The Morgan fingerprint density at radius 2 is 2.00 bits per heavy atom. The molecular formula is C13H18F3NO2. The van der Waals surface area contributed by atoms with E-state index in [1.807, 2.05) is 11.9 Å². The fourth-order valence-corrected chi connectivity index (χ4v) is 1.62. The van der Waals surface area contributed by atoms with Gasteiger partial charge in [0, 0.05) is 13.1 Å². The first kappa shape index (κ1) is 15.9. The zero-order valence-corrected chi connectivity index (χ0v) is 10.8. The molecule has 108 valence electrons. The monoisotopic (exact) mass is 277 g/mol. The summed E-state index contributed by atoms with van der Waals surface area (Å²) in [7, 11) is 1.81. The third kappa shape index (κ3) is 6.04. The third-order valence-electron chi connectivity index (χ3n) is 2.56. The van der Waals surface area contributed by atoms with E-state index in [1.165, 1.54) is 6.07 Å². The Kier molecular flexibility index (Phi) is 6.27. The van der Waals surface area contributed by atoms with Crippen LogP contribution in [0, 0.1) is 0 Å². The molecule has 0 amide bonds. The van der Waals surface area contributed by atoms with Gasteiger partial charge in [-0.1, -0.05) is 18.2 Å². The molecule has 1 aromatic rings. The lowest BCUT2D eigenvalue weighted by Crippen LogP contribution is -2.23. The van der Waals surface area contributed by atoms with Gasteiger partial charge in [-0.25, -0.2) is 0 Å². The predicted molar refractivity (Wildman–Crippen MR) is 65.7 cm³/mol. The first-order valence-electron chi connectivity index (χ1n) is 5.97. The van der Waals surface area contributed by atoms with Gasteiger partial charge in [-0.15, -0.1) is 0 Å². The largest absolute Gasteiger partial charge is 0.416 e. The van der Waals surface area contributed by atoms with Crippen molar-refractivity contribution in [1.82, 2.24) is 4.90 Å². The third-order valence-corrected chi connectivity index (χ3v) is 2.56.